The molecule has 17 heavy (non-hydrogen) atoms. The molecule has 0 aliphatic heterocycles. The first-order valence-corrected chi connectivity index (χ1v) is 4.63. The fourth-order valence-corrected chi connectivity index (χ4v) is 1.18. The van der Waals surface area contributed by atoms with Crippen LogP contribution in [0.4, 0.5) is 0 Å². The molecule has 1 aromatic carbocycles. The molecule has 88 valence electrons. The average Bonchev–Trinajstić information content (AvgIpc) is 2.39. The Morgan fingerprint density at radius 2 is 2.00 bits per heavy atom. The summed E-state index contributed by atoms with van der Waals surface area (Å²) >= 11 is 0. The molecule has 0 saturated carbocycles. The monoisotopic (exact) mass is 234 g/mol. The molecule has 0 N–H and O–H groups in total. The fraction of sp³-hybridized carbons (Fsp3) is 0.182. The zero-order chi connectivity index (χ0) is 12.8. The molecule has 6 heteroatoms. The van der Waals surface area contributed by atoms with Gasteiger partial charge in [0, 0.05) is 5.56 Å². The summed E-state index contributed by atoms with van der Waals surface area (Å²) < 4.78 is 9.26. The van der Waals surface area contributed by atoms with Crippen LogP contribution in [0, 0.1) is 0 Å². The van der Waals surface area contributed by atoms with Crippen molar-refractivity contribution in [3.63, 3.8) is 0 Å². The van der Waals surface area contributed by atoms with Crippen LogP contribution < -0.4 is 4.74 Å². The topological polar surface area (TPSA) is 89.0 Å². The van der Waals surface area contributed by atoms with E-state index in [0.717, 1.165) is 7.11 Å². The highest BCUT2D eigenvalue weighted by atomic mass is 16.5. The van der Waals surface area contributed by atoms with Crippen molar-refractivity contribution >= 4 is 17.5 Å². The van der Waals surface area contributed by atoms with E-state index in [1.807, 2.05) is 0 Å². The molecule has 0 atom stereocenters. The second-order valence-corrected chi connectivity index (χ2v) is 3.00. The minimum absolute atomic E-state index is 0.169. The molecule has 0 fully saturated rings. The average molecular weight is 234 g/mol. The van der Waals surface area contributed by atoms with Gasteiger partial charge in [-0.2, -0.15) is 4.79 Å². The minimum Gasteiger partial charge on any atom is -0.497 e. The normalized spacial score (nSPS) is 9.06. The van der Waals surface area contributed by atoms with Gasteiger partial charge < -0.3 is 15.0 Å². The summed E-state index contributed by atoms with van der Waals surface area (Å²) in [7, 11) is 2.54. The Labute approximate surface area is 97.4 Å². The van der Waals surface area contributed by atoms with E-state index in [-0.39, 0.29) is 5.56 Å². The summed E-state index contributed by atoms with van der Waals surface area (Å²) in [6, 6.07) is 6.12. The van der Waals surface area contributed by atoms with Crippen molar-refractivity contribution in [1.29, 1.82) is 0 Å². The van der Waals surface area contributed by atoms with Gasteiger partial charge in [0.05, 0.1) is 14.2 Å². The third-order valence-corrected chi connectivity index (χ3v) is 2.03. The highest BCUT2D eigenvalue weighted by Gasteiger charge is 2.31. The van der Waals surface area contributed by atoms with Crippen molar-refractivity contribution in [2.24, 2.45) is 0 Å². The number of methoxy groups -OCH3 is 2. The maximum Gasteiger partial charge on any atom is 0.446 e. The van der Waals surface area contributed by atoms with E-state index < -0.39 is 17.5 Å². The maximum absolute atomic E-state index is 11.8. The van der Waals surface area contributed by atoms with Crippen molar-refractivity contribution in [1.82, 2.24) is 0 Å². The number of carbonyl (C=O) groups excluding carboxylic acids is 2. The lowest BCUT2D eigenvalue weighted by molar-refractivity contribution is -0.137. The molecular weight excluding hydrogens is 224 g/mol. The van der Waals surface area contributed by atoms with E-state index in [1.165, 1.54) is 19.2 Å². The number of esters is 1. The summed E-state index contributed by atoms with van der Waals surface area (Å²) in [5.74, 6) is -1.28. The number of Topliss-reactive ketones (excluding diaryl/α,β-unsaturated/α-hetero) is 1. The predicted molar refractivity (Wildman–Crippen MR) is 58.0 cm³/mol. The molecule has 0 saturated heterocycles. The van der Waals surface area contributed by atoms with Crippen molar-refractivity contribution in [3.8, 4) is 5.75 Å². The zero-order valence-corrected chi connectivity index (χ0v) is 9.34. The van der Waals surface area contributed by atoms with Crippen LogP contribution in [-0.4, -0.2) is 36.5 Å². The number of hydrogen-bond acceptors (Lipinski definition) is 4. The van der Waals surface area contributed by atoms with Gasteiger partial charge in [0.1, 0.15) is 5.75 Å². The van der Waals surface area contributed by atoms with E-state index in [2.05, 4.69) is 9.53 Å². The smallest absolute Gasteiger partial charge is 0.446 e. The van der Waals surface area contributed by atoms with Gasteiger partial charge in [0.25, 0.3) is 5.78 Å². The first-order valence-electron chi connectivity index (χ1n) is 4.63. The van der Waals surface area contributed by atoms with Crippen LogP contribution in [0.1, 0.15) is 10.4 Å². The fourth-order valence-electron chi connectivity index (χ4n) is 1.18. The summed E-state index contributed by atoms with van der Waals surface area (Å²) in [6.07, 6.45) is 0. The van der Waals surface area contributed by atoms with E-state index in [0.29, 0.717) is 5.75 Å². The standard InChI is InChI=1S/C11H10N2O4/c1-16-8-5-3-4-7(6-8)10(14)9(13-12)11(15)17-2/h3-6H,1-2H3. The molecule has 0 bridgehead atoms. The van der Waals surface area contributed by atoms with E-state index in [4.69, 9.17) is 10.3 Å². The lowest BCUT2D eigenvalue weighted by Crippen LogP contribution is -2.26. The summed E-state index contributed by atoms with van der Waals surface area (Å²) in [4.78, 5) is 25.6. The number of hydrogen-bond donors (Lipinski definition) is 0. The third kappa shape index (κ3) is 2.76. The molecule has 0 aromatic heterocycles. The van der Waals surface area contributed by atoms with Crippen LogP contribution in [0.5, 0.6) is 5.75 Å². The lowest BCUT2D eigenvalue weighted by atomic mass is 10.1. The van der Waals surface area contributed by atoms with E-state index >= 15 is 0 Å². The van der Waals surface area contributed by atoms with Crippen LogP contribution in [-0.2, 0) is 9.53 Å². The summed E-state index contributed by atoms with van der Waals surface area (Å²) in [5, 5.41) is 0. The number of nitrogens with zero attached hydrogens (tertiary/aromatic N) is 2. The van der Waals surface area contributed by atoms with Gasteiger partial charge in [-0.3, -0.25) is 4.79 Å². The predicted octanol–water partition coefficient (Wildman–Crippen LogP) is 0.722. The van der Waals surface area contributed by atoms with Crippen LogP contribution in [0.15, 0.2) is 24.3 Å². The highest BCUT2D eigenvalue weighted by Crippen LogP contribution is 2.13. The van der Waals surface area contributed by atoms with Gasteiger partial charge in [0.2, 0.25) is 0 Å². The number of carbonyl (C=O) groups is 2. The minimum atomic E-state index is -1.000. The molecule has 0 radical (unpaired) electrons. The van der Waals surface area contributed by atoms with Gasteiger partial charge in [-0.25, -0.2) is 4.79 Å². The zero-order valence-electron chi connectivity index (χ0n) is 9.34. The summed E-state index contributed by atoms with van der Waals surface area (Å²) in [6.45, 7) is 0. The van der Waals surface area contributed by atoms with Gasteiger partial charge in [0.15, 0.2) is 0 Å². The van der Waals surface area contributed by atoms with Gasteiger partial charge in [-0.05, 0) is 12.1 Å². The van der Waals surface area contributed by atoms with Crippen molar-refractivity contribution < 1.29 is 23.9 Å². The third-order valence-electron chi connectivity index (χ3n) is 2.03. The molecule has 0 heterocycles. The molecule has 0 amide bonds. The SMILES string of the molecule is COC(=O)C(=[N+]=[N-])C(=O)c1cccc(OC)c1. The van der Waals surface area contributed by atoms with Gasteiger partial charge in [-0.15, -0.1) is 0 Å². The molecule has 0 spiro atoms. The Morgan fingerprint density at radius 3 is 2.53 bits per heavy atom. The van der Waals surface area contributed by atoms with Gasteiger partial charge in [-0.1, -0.05) is 12.1 Å². The lowest BCUT2D eigenvalue weighted by Gasteiger charge is -2.00. The maximum atomic E-state index is 11.8. The number of ether oxygens (including phenoxy) is 2. The number of ketones is 1. The van der Waals surface area contributed by atoms with Gasteiger partial charge >= 0.3 is 11.7 Å². The Morgan fingerprint density at radius 1 is 1.29 bits per heavy atom. The molecule has 0 unspecified atom stereocenters. The molecular formula is C11H10N2O4. The second kappa shape index (κ2) is 5.58. The number of benzene rings is 1. The van der Waals surface area contributed by atoms with Crippen molar-refractivity contribution in [2.45, 2.75) is 0 Å². The van der Waals surface area contributed by atoms with Crippen LogP contribution in [0.2, 0.25) is 0 Å². The Kier molecular flexibility index (Phi) is 4.14. The Balaban J connectivity index is 3.11. The van der Waals surface area contributed by atoms with E-state index in [9.17, 15) is 9.59 Å². The highest BCUT2D eigenvalue weighted by molar-refractivity contribution is 6.65. The van der Waals surface area contributed by atoms with Crippen LogP contribution in [0.3, 0.4) is 0 Å². The molecule has 1 aromatic rings. The molecule has 6 nitrogen and oxygen atoms in total. The Hall–Kier alpha value is -2.46. The van der Waals surface area contributed by atoms with Crippen LogP contribution >= 0.6 is 0 Å². The second-order valence-electron chi connectivity index (χ2n) is 3.00. The summed E-state index contributed by atoms with van der Waals surface area (Å²) in [5.41, 5.74) is 8.11. The first-order chi connectivity index (χ1) is 8.13. The molecule has 0 aliphatic carbocycles. The van der Waals surface area contributed by atoms with Crippen molar-refractivity contribution in [2.75, 3.05) is 14.2 Å². The van der Waals surface area contributed by atoms with Crippen LogP contribution in [0.25, 0.3) is 5.53 Å². The van der Waals surface area contributed by atoms with E-state index in [1.54, 1.807) is 12.1 Å². The quantitative estimate of drug-likeness (QED) is 0.192. The van der Waals surface area contributed by atoms with Crippen molar-refractivity contribution in [3.05, 3.63) is 35.4 Å². The molecule has 1 rings (SSSR count). The Bertz CT molecular complexity index is 504. The largest absolute Gasteiger partial charge is 0.497 e. The first kappa shape index (κ1) is 12.6. The number of rotatable bonds is 4. The molecule has 0 aliphatic rings.